The van der Waals surface area contributed by atoms with Gasteiger partial charge in [0, 0.05) is 18.7 Å². The van der Waals surface area contributed by atoms with E-state index in [0.29, 0.717) is 5.92 Å². The lowest BCUT2D eigenvalue weighted by molar-refractivity contribution is 0.101. The van der Waals surface area contributed by atoms with Crippen molar-refractivity contribution in [3.63, 3.8) is 0 Å². The molecule has 0 aromatic rings. The molecule has 120 valence electrons. The van der Waals surface area contributed by atoms with E-state index in [1.807, 2.05) is 6.92 Å². The Balaban J connectivity index is 2.36. The summed E-state index contributed by atoms with van der Waals surface area (Å²) in [5.41, 5.74) is -0.0171. The van der Waals surface area contributed by atoms with Crippen LogP contribution in [-0.4, -0.2) is 62.0 Å². The lowest BCUT2D eigenvalue weighted by Gasteiger charge is -2.36. The number of rotatable bonds is 11. The van der Waals surface area contributed by atoms with Crippen molar-refractivity contribution in [1.29, 1.82) is 0 Å². The summed E-state index contributed by atoms with van der Waals surface area (Å²) in [6.07, 6.45) is 5.90. The molecule has 0 aromatic heterocycles. The molecule has 0 spiro atoms. The van der Waals surface area contributed by atoms with Gasteiger partial charge in [0.15, 0.2) is 0 Å². The molecule has 1 aliphatic carbocycles. The van der Waals surface area contributed by atoms with Crippen molar-refractivity contribution in [2.24, 2.45) is 5.92 Å². The Bertz CT molecular complexity index is 251. The number of nitrogens with zero attached hydrogens (tertiary/aromatic N) is 1. The first-order chi connectivity index (χ1) is 9.68. The van der Waals surface area contributed by atoms with Crippen LogP contribution < -0.4 is 5.32 Å². The van der Waals surface area contributed by atoms with Gasteiger partial charge in [0.05, 0.1) is 13.2 Å². The van der Waals surface area contributed by atoms with Crippen LogP contribution in [0.1, 0.15) is 46.0 Å². The summed E-state index contributed by atoms with van der Waals surface area (Å²) >= 11 is 0. The summed E-state index contributed by atoms with van der Waals surface area (Å²) in [4.78, 5) is 2.34. The molecule has 4 nitrogen and oxygen atoms in total. The maximum absolute atomic E-state index is 9.86. The molecule has 0 aliphatic heterocycles. The summed E-state index contributed by atoms with van der Waals surface area (Å²) in [7, 11) is 2.16. The second-order valence-corrected chi connectivity index (χ2v) is 6.12. The van der Waals surface area contributed by atoms with Crippen LogP contribution in [0.25, 0.3) is 0 Å². The number of aliphatic hydroxyl groups is 1. The van der Waals surface area contributed by atoms with E-state index in [9.17, 15) is 5.11 Å². The molecular formula is C16H34N2O2. The first-order valence-corrected chi connectivity index (χ1v) is 8.30. The van der Waals surface area contributed by atoms with E-state index < -0.39 is 0 Å². The van der Waals surface area contributed by atoms with E-state index in [1.54, 1.807) is 0 Å². The number of hydrogen-bond donors (Lipinski definition) is 2. The number of aliphatic hydroxyl groups excluding tert-OH is 1. The zero-order chi connectivity index (χ0) is 14.8. The summed E-state index contributed by atoms with van der Waals surface area (Å²) in [5, 5.41) is 13.5. The van der Waals surface area contributed by atoms with Gasteiger partial charge >= 0.3 is 0 Å². The first-order valence-electron chi connectivity index (χ1n) is 8.30. The summed E-state index contributed by atoms with van der Waals surface area (Å²) in [5.74, 6) is 0.605. The molecule has 0 bridgehead atoms. The number of nitrogens with one attached hydrogen (secondary N) is 1. The first kappa shape index (κ1) is 17.9. The second kappa shape index (κ2) is 9.72. The second-order valence-electron chi connectivity index (χ2n) is 6.12. The highest BCUT2D eigenvalue weighted by atomic mass is 16.5. The van der Waals surface area contributed by atoms with E-state index in [4.69, 9.17) is 4.74 Å². The molecule has 0 radical (unpaired) electrons. The molecule has 4 heteroatoms. The van der Waals surface area contributed by atoms with Crippen LogP contribution in [0.5, 0.6) is 0 Å². The molecule has 0 amide bonds. The van der Waals surface area contributed by atoms with Gasteiger partial charge in [-0.05, 0) is 58.7 Å². The van der Waals surface area contributed by atoms with Gasteiger partial charge in [-0.2, -0.15) is 0 Å². The number of ether oxygens (including phenoxy) is 1. The van der Waals surface area contributed by atoms with Crippen LogP contribution in [0.2, 0.25) is 0 Å². The van der Waals surface area contributed by atoms with E-state index in [-0.39, 0.29) is 12.1 Å². The van der Waals surface area contributed by atoms with Gasteiger partial charge in [0.25, 0.3) is 0 Å². The Morgan fingerprint density at radius 1 is 1.35 bits per heavy atom. The smallest absolute Gasteiger partial charge is 0.0616 e. The largest absolute Gasteiger partial charge is 0.394 e. The van der Waals surface area contributed by atoms with Gasteiger partial charge in [-0.15, -0.1) is 0 Å². The normalized spacial score (nSPS) is 26.6. The monoisotopic (exact) mass is 286 g/mol. The topological polar surface area (TPSA) is 44.7 Å². The van der Waals surface area contributed by atoms with Gasteiger partial charge in [0.2, 0.25) is 0 Å². The van der Waals surface area contributed by atoms with Crippen LogP contribution in [0, 0.1) is 5.92 Å². The predicted molar refractivity (Wildman–Crippen MR) is 84.1 cm³/mol. The zero-order valence-corrected chi connectivity index (χ0v) is 13.7. The molecule has 2 N–H and O–H groups in total. The van der Waals surface area contributed by atoms with E-state index in [0.717, 1.165) is 45.7 Å². The van der Waals surface area contributed by atoms with Crippen molar-refractivity contribution >= 4 is 0 Å². The number of likely N-dealkylation sites (N-methyl/N-ethyl adjacent to an activating group) is 1. The third kappa shape index (κ3) is 5.32. The Morgan fingerprint density at radius 2 is 2.15 bits per heavy atom. The predicted octanol–water partition coefficient (Wildman–Crippen LogP) is 1.88. The Morgan fingerprint density at radius 3 is 2.80 bits per heavy atom. The maximum atomic E-state index is 9.86. The van der Waals surface area contributed by atoms with Crippen molar-refractivity contribution in [2.75, 3.05) is 46.5 Å². The Labute approximate surface area is 124 Å². The molecule has 0 saturated heterocycles. The van der Waals surface area contributed by atoms with Crippen LogP contribution in [-0.2, 0) is 4.74 Å². The molecule has 0 heterocycles. The summed E-state index contributed by atoms with van der Waals surface area (Å²) < 4.78 is 5.40. The molecule has 2 unspecified atom stereocenters. The molecule has 1 rings (SSSR count). The minimum atomic E-state index is -0.0171. The van der Waals surface area contributed by atoms with Crippen molar-refractivity contribution in [3.8, 4) is 0 Å². The van der Waals surface area contributed by atoms with E-state index >= 15 is 0 Å². The third-order valence-electron chi connectivity index (χ3n) is 4.65. The minimum absolute atomic E-state index is 0.0171. The van der Waals surface area contributed by atoms with Crippen LogP contribution in [0.4, 0.5) is 0 Å². The zero-order valence-electron chi connectivity index (χ0n) is 13.7. The molecular weight excluding hydrogens is 252 g/mol. The van der Waals surface area contributed by atoms with Crippen LogP contribution in [0.15, 0.2) is 0 Å². The standard InChI is InChI=1S/C16H34N2O2/c1-4-10-17-16(14-19)9-6-7-15(16)8-11-18(3)12-13-20-5-2/h15,17,19H,4-14H2,1-3H3. The molecule has 20 heavy (non-hydrogen) atoms. The molecule has 0 aromatic carbocycles. The third-order valence-corrected chi connectivity index (χ3v) is 4.65. The fourth-order valence-electron chi connectivity index (χ4n) is 3.29. The molecule has 1 fully saturated rings. The number of hydrogen-bond acceptors (Lipinski definition) is 4. The Hall–Kier alpha value is -0.160. The Kier molecular flexibility index (Phi) is 8.69. The van der Waals surface area contributed by atoms with Gasteiger partial charge in [-0.1, -0.05) is 13.3 Å². The van der Waals surface area contributed by atoms with E-state index in [1.165, 1.54) is 19.3 Å². The molecule has 1 aliphatic rings. The molecule has 2 atom stereocenters. The quantitative estimate of drug-likeness (QED) is 0.569. The van der Waals surface area contributed by atoms with E-state index in [2.05, 4.69) is 24.2 Å². The van der Waals surface area contributed by atoms with Crippen molar-refractivity contribution in [2.45, 2.75) is 51.5 Å². The lowest BCUT2D eigenvalue weighted by atomic mass is 9.85. The highest BCUT2D eigenvalue weighted by molar-refractivity contribution is 4.99. The molecule has 1 saturated carbocycles. The van der Waals surface area contributed by atoms with Gasteiger partial charge in [0.1, 0.15) is 0 Å². The van der Waals surface area contributed by atoms with Gasteiger partial charge in [-0.25, -0.2) is 0 Å². The fraction of sp³-hybridized carbons (Fsp3) is 1.00. The summed E-state index contributed by atoms with van der Waals surface area (Å²) in [6, 6.07) is 0. The maximum Gasteiger partial charge on any atom is 0.0616 e. The van der Waals surface area contributed by atoms with Crippen molar-refractivity contribution in [3.05, 3.63) is 0 Å². The fourth-order valence-corrected chi connectivity index (χ4v) is 3.29. The van der Waals surface area contributed by atoms with Gasteiger partial charge in [-0.3, -0.25) is 0 Å². The minimum Gasteiger partial charge on any atom is -0.394 e. The van der Waals surface area contributed by atoms with Crippen LogP contribution >= 0.6 is 0 Å². The van der Waals surface area contributed by atoms with Crippen molar-refractivity contribution in [1.82, 2.24) is 10.2 Å². The highest BCUT2D eigenvalue weighted by Gasteiger charge is 2.41. The van der Waals surface area contributed by atoms with Crippen molar-refractivity contribution < 1.29 is 9.84 Å². The highest BCUT2D eigenvalue weighted by Crippen LogP contribution is 2.37. The summed E-state index contributed by atoms with van der Waals surface area (Å²) in [6.45, 7) is 9.21. The average molecular weight is 286 g/mol. The van der Waals surface area contributed by atoms with Gasteiger partial charge < -0.3 is 20.1 Å². The SMILES string of the molecule is CCCNC1(CO)CCCC1CCN(C)CCOCC. The van der Waals surface area contributed by atoms with Crippen LogP contribution in [0.3, 0.4) is 0 Å². The lowest BCUT2D eigenvalue weighted by Crippen LogP contribution is -2.52. The average Bonchev–Trinajstić information content (AvgIpc) is 2.86.